The highest BCUT2D eigenvalue weighted by molar-refractivity contribution is 5.85. The summed E-state index contributed by atoms with van der Waals surface area (Å²) in [7, 11) is 0. The zero-order valence-corrected chi connectivity index (χ0v) is 18.1. The zero-order valence-electron chi connectivity index (χ0n) is 17.3. The van der Waals surface area contributed by atoms with Crippen molar-refractivity contribution in [1.82, 2.24) is 20.4 Å². The van der Waals surface area contributed by atoms with Crippen LogP contribution < -0.4 is 11.1 Å². The topological polar surface area (TPSA) is 114 Å². The minimum Gasteiger partial charge on any atom is -0.343 e. The normalized spacial score (nSPS) is 21.7. The number of nitrogens with one attached hydrogen (secondary N) is 1. The lowest BCUT2D eigenvalue weighted by atomic mass is 9.89. The van der Waals surface area contributed by atoms with Crippen LogP contribution >= 0.6 is 12.4 Å². The maximum atomic E-state index is 12.6. The molecule has 2 amide bonds. The number of likely N-dealkylation sites (tertiary alicyclic amines) is 1. The number of hydrogen-bond donors (Lipinski definition) is 2. The number of hydrogen-bond acceptors (Lipinski definition) is 6. The SMILES string of the molecule is CC(=O)NC1(c2noc(CCC(=O)N3CCCCC3CN)n2)CCCCCC1.Cl. The summed E-state index contributed by atoms with van der Waals surface area (Å²) in [5, 5.41) is 7.26. The van der Waals surface area contributed by atoms with Gasteiger partial charge >= 0.3 is 0 Å². The maximum Gasteiger partial charge on any atom is 0.227 e. The Morgan fingerprint density at radius 2 is 1.93 bits per heavy atom. The van der Waals surface area contributed by atoms with Gasteiger partial charge in [-0.2, -0.15) is 4.98 Å². The highest BCUT2D eigenvalue weighted by atomic mass is 35.5. The fraction of sp³-hybridized carbons (Fsp3) is 0.800. The van der Waals surface area contributed by atoms with Gasteiger partial charge in [0.25, 0.3) is 0 Å². The number of piperidine rings is 1. The molecule has 1 saturated carbocycles. The average Bonchev–Trinajstić information content (AvgIpc) is 3.06. The first-order chi connectivity index (χ1) is 13.5. The predicted molar refractivity (Wildman–Crippen MR) is 111 cm³/mol. The van der Waals surface area contributed by atoms with E-state index in [0.29, 0.717) is 31.1 Å². The minimum absolute atomic E-state index is 0. The van der Waals surface area contributed by atoms with Crippen molar-refractivity contribution in [3.05, 3.63) is 11.7 Å². The van der Waals surface area contributed by atoms with Gasteiger partial charge in [0.1, 0.15) is 5.54 Å². The van der Waals surface area contributed by atoms with Crippen LogP contribution in [0.3, 0.4) is 0 Å². The van der Waals surface area contributed by atoms with Crippen LogP contribution in [-0.2, 0) is 21.5 Å². The third-order valence-corrected chi connectivity index (χ3v) is 6.04. The summed E-state index contributed by atoms with van der Waals surface area (Å²) < 4.78 is 5.45. The van der Waals surface area contributed by atoms with Crippen LogP contribution in [0.5, 0.6) is 0 Å². The molecule has 2 aliphatic rings. The van der Waals surface area contributed by atoms with Crippen LogP contribution in [0.4, 0.5) is 0 Å². The Morgan fingerprint density at radius 1 is 1.21 bits per heavy atom. The molecule has 1 unspecified atom stereocenters. The molecule has 0 radical (unpaired) electrons. The number of amides is 2. The van der Waals surface area contributed by atoms with Crippen LogP contribution in [0.25, 0.3) is 0 Å². The van der Waals surface area contributed by atoms with Crippen molar-refractivity contribution in [2.75, 3.05) is 13.1 Å². The molecule has 2 heterocycles. The van der Waals surface area contributed by atoms with Gasteiger partial charge in [-0.05, 0) is 32.1 Å². The van der Waals surface area contributed by atoms with E-state index in [0.717, 1.165) is 64.3 Å². The monoisotopic (exact) mass is 427 g/mol. The molecular weight excluding hydrogens is 394 g/mol. The average molecular weight is 428 g/mol. The third-order valence-electron chi connectivity index (χ3n) is 6.04. The first kappa shape index (κ1) is 23.6. The van der Waals surface area contributed by atoms with Crippen LogP contribution in [0, 0.1) is 0 Å². The Balaban J connectivity index is 0.00000300. The molecule has 1 aliphatic heterocycles. The highest BCUT2D eigenvalue weighted by Gasteiger charge is 2.38. The lowest BCUT2D eigenvalue weighted by Crippen LogP contribution is -2.47. The molecule has 2 fully saturated rings. The first-order valence-electron chi connectivity index (χ1n) is 10.7. The summed E-state index contributed by atoms with van der Waals surface area (Å²) in [6.07, 6.45) is 9.88. The number of aromatic nitrogens is 2. The fourth-order valence-corrected chi connectivity index (χ4v) is 4.56. The van der Waals surface area contributed by atoms with Crippen LogP contribution in [0.1, 0.15) is 82.8 Å². The third kappa shape index (κ3) is 5.92. The summed E-state index contributed by atoms with van der Waals surface area (Å²) >= 11 is 0. The zero-order chi connectivity index (χ0) is 20.0. The smallest absolute Gasteiger partial charge is 0.227 e. The second-order valence-corrected chi connectivity index (χ2v) is 8.16. The van der Waals surface area contributed by atoms with Gasteiger partial charge in [-0.25, -0.2) is 0 Å². The Morgan fingerprint density at radius 3 is 2.59 bits per heavy atom. The van der Waals surface area contributed by atoms with Crippen LogP contribution in [0.15, 0.2) is 4.52 Å². The van der Waals surface area contributed by atoms with Crippen molar-refractivity contribution >= 4 is 24.2 Å². The first-order valence-corrected chi connectivity index (χ1v) is 10.7. The minimum atomic E-state index is -0.550. The van der Waals surface area contributed by atoms with E-state index >= 15 is 0 Å². The highest BCUT2D eigenvalue weighted by Crippen LogP contribution is 2.34. The predicted octanol–water partition coefficient (Wildman–Crippen LogP) is 2.45. The van der Waals surface area contributed by atoms with E-state index in [2.05, 4.69) is 15.5 Å². The van der Waals surface area contributed by atoms with Crippen LogP contribution in [0.2, 0.25) is 0 Å². The molecule has 3 N–H and O–H groups in total. The molecule has 1 saturated heterocycles. The Labute approximate surface area is 178 Å². The van der Waals surface area contributed by atoms with Crippen LogP contribution in [-0.4, -0.2) is 46.0 Å². The number of halogens is 1. The van der Waals surface area contributed by atoms with E-state index in [-0.39, 0.29) is 30.3 Å². The van der Waals surface area contributed by atoms with Crippen molar-refractivity contribution in [1.29, 1.82) is 0 Å². The fourth-order valence-electron chi connectivity index (χ4n) is 4.56. The molecule has 9 heteroatoms. The summed E-state index contributed by atoms with van der Waals surface area (Å²) in [6.45, 7) is 2.82. The van der Waals surface area contributed by atoms with Crippen molar-refractivity contribution in [2.45, 2.75) is 89.1 Å². The van der Waals surface area contributed by atoms with Gasteiger partial charge in [0.15, 0.2) is 5.82 Å². The maximum absolute atomic E-state index is 12.6. The molecular formula is C20H34ClN5O3. The number of aryl methyl sites for hydroxylation is 1. The number of rotatable bonds is 6. The van der Waals surface area contributed by atoms with E-state index < -0.39 is 5.54 Å². The molecule has 29 heavy (non-hydrogen) atoms. The molecule has 3 rings (SSSR count). The second kappa shape index (κ2) is 10.9. The number of carbonyl (C=O) groups is 2. The number of nitrogens with zero attached hydrogens (tertiary/aromatic N) is 3. The van der Waals surface area contributed by atoms with Gasteiger partial charge in [-0.1, -0.05) is 30.8 Å². The number of nitrogens with two attached hydrogens (primary N) is 1. The van der Waals surface area contributed by atoms with Gasteiger partial charge in [-0.3, -0.25) is 9.59 Å². The van der Waals surface area contributed by atoms with E-state index in [1.54, 1.807) is 0 Å². The molecule has 0 aromatic carbocycles. The lowest BCUT2D eigenvalue weighted by molar-refractivity contribution is -0.134. The molecule has 164 valence electrons. The second-order valence-electron chi connectivity index (χ2n) is 8.16. The quantitative estimate of drug-likeness (QED) is 0.674. The Kier molecular flexibility index (Phi) is 8.89. The van der Waals surface area contributed by atoms with E-state index in [1.807, 2.05) is 4.90 Å². The van der Waals surface area contributed by atoms with Crippen molar-refractivity contribution in [2.24, 2.45) is 5.73 Å². The number of carbonyl (C=O) groups excluding carboxylic acids is 2. The van der Waals surface area contributed by atoms with Gasteiger partial charge in [0, 0.05) is 38.9 Å². The standard InChI is InChI=1S/C20H33N5O3.ClH/c1-15(26)23-20(11-5-2-3-6-12-20)19-22-17(28-24-19)9-10-18(27)25-13-7-4-8-16(25)14-21;/h16H,2-14,21H2,1H3,(H,23,26);1H. The molecule has 0 bridgehead atoms. The van der Waals surface area contributed by atoms with Gasteiger partial charge in [-0.15, -0.1) is 12.4 Å². The Hall–Kier alpha value is -1.67. The molecule has 1 atom stereocenters. The summed E-state index contributed by atoms with van der Waals surface area (Å²) in [5.74, 6) is 1.02. The largest absolute Gasteiger partial charge is 0.343 e. The van der Waals surface area contributed by atoms with E-state index in [4.69, 9.17) is 10.3 Å². The summed E-state index contributed by atoms with van der Waals surface area (Å²) in [4.78, 5) is 30.9. The van der Waals surface area contributed by atoms with Gasteiger partial charge in [0.05, 0.1) is 0 Å². The van der Waals surface area contributed by atoms with Crippen molar-refractivity contribution in [3.8, 4) is 0 Å². The van der Waals surface area contributed by atoms with Gasteiger partial charge < -0.3 is 20.5 Å². The summed E-state index contributed by atoms with van der Waals surface area (Å²) in [6, 6.07) is 0.147. The van der Waals surface area contributed by atoms with E-state index in [1.165, 1.54) is 6.92 Å². The Bertz CT molecular complexity index is 673. The lowest BCUT2D eigenvalue weighted by Gasteiger charge is -2.35. The molecule has 8 nitrogen and oxygen atoms in total. The van der Waals surface area contributed by atoms with E-state index in [9.17, 15) is 9.59 Å². The molecule has 1 aromatic rings. The van der Waals surface area contributed by atoms with Crippen molar-refractivity contribution in [3.63, 3.8) is 0 Å². The molecule has 0 spiro atoms. The van der Waals surface area contributed by atoms with Crippen molar-refractivity contribution < 1.29 is 14.1 Å². The van der Waals surface area contributed by atoms with Gasteiger partial charge in [0.2, 0.25) is 17.7 Å². The molecule has 1 aromatic heterocycles. The summed E-state index contributed by atoms with van der Waals surface area (Å²) in [5.41, 5.74) is 5.27. The molecule has 1 aliphatic carbocycles.